The minimum atomic E-state index is -1.14. The van der Waals surface area contributed by atoms with E-state index in [1.165, 1.54) is 24.5 Å². The Labute approximate surface area is 101 Å². The van der Waals surface area contributed by atoms with Crippen molar-refractivity contribution in [3.8, 4) is 0 Å². The Balaban J connectivity index is 2.24. The monoisotopic (exact) mass is 250 g/mol. The van der Waals surface area contributed by atoms with Gasteiger partial charge in [-0.3, -0.25) is 9.78 Å². The van der Waals surface area contributed by atoms with Gasteiger partial charge in [0.2, 0.25) is 0 Å². The third-order valence-corrected chi connectivity index (χ3v) is 2.09. The number of halogens is 2. The van der Waals surface area contributed by atoms with Crippen LogP contribution in [0.1, 0.15) is 10.5 Å². The maximum atomic E-state index is 13.3. The van der Waals surface area contributed by atoms with Crippen molar-refractivity contribution in [3.63, 3.8) is 0 Å². The zero-order valence-corrected chi connectivity index (χ0v) is 9.02. The van der Waals surface area contributed by atoms with Gasteiger partial charge < -0.3 is 11.1 Å². The summed E-state index contributed by atoms with van der Waals surface area (Å²) in [5, 5.41) is 2.18. The van der Waals surface area contributed by atoms with Crippen LogP contribution >= 0.6 is 0 Å². The van der Waals surface area contributed by atoms with Gasteiger partial charge in [0.05, 0.1) is 18.1 Å². The van der Waals surface area contributed by atoms with E-state index in [0.29, 0.717) is 0 Å². The predicted molar refractivity (Wildman–Crippen MR) is 60.8 cm³/mol. The van der Waals surface area contributed by atoms with E-state index in [1.54, 1.807) is 0 Å². The number of hydrogen-bond acceptors (Lipinski definition) is 4. The molecule has 18 heavy (non-hydrogen) atoms. The largest absolute Gasteiger partial charge is 0.382 e. The molecule has 0 saturated carbocycles. The normalized spacial score (nSPS) is 10.1. The van der Waals surface area contributed by atoms with E-state index < -0.39 is 17.5 Å². The molecule has 7 heteroatoms. The van der Waals surface area contributed by atoms with Crippen molar-refractivity contribution in [2.45, 2.75) is 0 Å². The van der Waals surface area contributed by atoms with Gasteiger partial charge in [-0.2, -0.15) is 0 Å². The lowest BCUT2D eigenvalue weighted by Gasteiger charge is -2.06. The molecule has 1 aromatic carbocycles. The van der Waals surface area contributed by atoms with Crippen LogP contribution in [0.4, 0.5) is 20.3 Å². The number of nitrogens with two attached hydrogens (primary N) is 1. The Morgan fingerprint density at radius 2 is 2.06 bits per heavy atom. The van der Waals surface area contributed by atoms with Crippen LogP contribution < -0.4 is 11.1 Å². The van der Waals surface area contributed by atoms with Crippen LogP contribution in [0.25, 0.3) is 0 Å². The highest BCUT2D eigenvalue weighted by atomic mass is 19.2. The van der Waals surface area contributed by atoms with Crippen LogP contribution in [0.2, 0.25) is 0 Å². The van der Waals surface area contributed by atoms with Crippen molar-refractivity contribution >= 4 is 17.4 Å². The topological polar surface area (TPSA) is 80.9 Å². The van der Waals surface area contributed by atoms with Crippen LogP contribution in [0.5, 0.6) is 0 Å². The van der Waals surface area contributed by atoms with E-state index in [9.17, 15) is 13.6 Å². The molecule has 0 fully saturated rings. The summed E-state index contributed by atoms with van der Waals surface area (Å²) < 4.78 is 26.2. The first-order valence-electron chi connectivity index (χ1n) is 4.91. The summed E-state index contributed by atoms with van der Waals surface area (Å²) in [4.78, 5) is 19.1. The molecule has 1 aromatic heterocycles. The van der Waals surface area contributed by atoms with Gasteiger partial charge in [0.25, 0.3) is 5.91 Å². The van der Waals surface area contributed by atoms with Crippen molar-refractivity contribution in [1.82, 2.24) is 9.97 Å². The number of anilines is 2. The first-order chi connectivity index (χ1) is 8.58. The molecule has 1 amide bonds. The second-order valence-electron chi connectivity index (χ2n) is 3.38. The Hall–Kier alpha value is -2.57. The van der Waals surface area contributed by atoms with Gasteiger partial charge in [-0.15, -0.1) is 0 Å². The molecule has 1 heterocycles. The summed E-state index contributed by atoms with van der Waals surface area (Å²) in [5.41, 5.74) is 5.00. The molecule has 3 N–H and O–H groups in total. The van der Waals surface area contributed by atoms with E-state index in [1.807, 2.05) is 0 Å². The third kappa shape index (κ3) is 2.40. The second kappa shape index (κ2) is 4.74. The average Bonchev–Trinajstić information content (AvgIpc) is 2.35. The lowest BCUT2D eigenvalue weighted by atomic mass is 10.3. The molecule has 0 aliphatic heterocycles. The minimum absolute atomic E-state index is 0.0577. The van der Waals surface area contributed by atoms with Gasteiger partial charge in [-0.25, -0.2) is 13.8 Å². The van der Waals surface area contributed by atoms with Crippen molar-refractivity contribution in [3.05, 3.63) is 47.9 Å². The molecular formula is C11H8F2N4O. The summed E-state index contributed by atoms with van der Waals surface area (Å²) in [6.45, 7) is 0. The molecule has 0 aliphatic rings. The highest BCUT2D eigenvalue weighted by molar-refractivity contribution is 6.02. The smallest absolute Gasteiger partial charge is 0.276 e. The molecule has 92 valence electrons. The summed E-state index contributed by atoms with van der Waals surface area (Å²) in [5.74, 6) is -2.85. The van der Waals surface area contributed by atoms with Gasteiger partial charge in [0.1, 0.15) is 11.5 Å². The molecule has 0 atom stereocenters. The molecule has 2 rings (SSSR count). The summed E-state index contributed by atoms with van der Waals surface area (Å²) in [6.07, 6.45) is 2.43. The van der Waals surface area contributed by atoms with Crippen LogP contribution in [-0.4, -0.2) is 15.9 Å². The van der Waals surface area contributed by atoms with Crippen LogP contribution in [0.15, 0.2) is 30.6 Å². The molecular weight excluding hydrogens is 242 g/mol. The van der Waals surface area contributed by atoms with E-state index in [2.05, 4.69) is 15.3 Å². The van der Waals surface area contributed by atoms with Crippen molar-refractivity contribution < 1.29 is 13.6 Å². The number of benzene rings is 1. The molecule has 0 saturated heterocycles. The number of rotatable bonds is 2. The molecule has 0 unspecified atom stereocenters. The number of hydrogen-bond donors (Lipinski definition) is 2. The van der Waals surface area contributed by atoms with E-state index in [0.717, 1.165) is 6.07 Å². The van der Waals surface area contributed by atoms with Gasteiger partial charge in [-0.05, 0) is 12.1 Å². The fourth-order valence-corrected chi connectivity index (χ4v) is 1.28. The van der Waals surface area contributed by atoms with Gasteiger partial charge in [-0.1, -0.05) is 6.07 Å². The van der Waals surface area contributed by atoms with Crippen molar-refractivity contribution in [2.24, 2.45) is 0 Å². The van der Waals surface area contributed by atoms with E-state index in [4.69, 9.17) is 5.73 Å². The number of carbonyl (C=O) groups is 1. The van der Waals surface area contributed by atoms with Crippen LogP contribution in [-0.2, 0) is 0 Å². The Bertz CT molecular complexity index is 603. The van der Waals surface area contributed by atoms with Gasteiger partial charge >= 0.3 is 0 Å². The van der Waals surface area contributed by atoms with Crippen molar-refractivity contribution in [1.29, 1.82) is 0 Å². The first kappa shape index (κ1) is 11.9. The number of nitrogens with zero attached hydrogens (tertiary/aromatic N) is 2. The summed E-state index contributed by atoms with van der Waals surface area (Å²) in [7, 11) is 0. The SMILES string of the molecule is Nc1cncc(C(=O)Nc2cccc(F)c2F)n1. The number of carbonyl (C=O) groups excluding carboxylic acids is 1. The Kier molecular flexibility index (Phi) is 3.13. The van der Waals surface area contributed by atoms with Crippen molar-refractivity contribution in [2.75, 3.05) is 11.1 Å². The van der Waals surface area contributed by atoms with Gasteiger partial charge in [0, 0.05) is 0 Å². The highest BCUT2D eigenvalue weighted by Crippen LogP contribution is 2.17. The Morgan fingerprint density at radius 3 is 2.78 bits per heavy atom. The molecule has 2 aromatic rings. The molecule has 5 nitrogen and oxygen atoms in total. The second-order valence-corrected chi connectivity index (χ2v) is 3.38. The van der Waals surface area contributed by atoms with E-state index >= 15 is 0 Å². The number of amides is 1. The fraction of sp³-hybridized carbons (Fsp3) is 0. The zero-order valence-electron chi connectivity index (χ0n) is 9.02. The number of nitrogen functional groups attached to an aromatic ring is 1. The zero-order chi connectivity index (χ0) is 13.1. The van der Waals surface area contributed by atoms with E-state index in [-0.39, 0.29) is 17.2 Å². The third-order valence-electron chi connectivity index (χ3n) is 2.09. The lowest BCUT2D eigenvalue weighted by Crippen LogP contribution is -2.16. The van der Waals surface area contributed by atoms with Crippen LogP contribution in [0.3, 0.4) is 0 Å². The molecule has 0 radical (unpaired) electrons. The van der Waals surface area contributed by atoms with Gasteiger partial charge in [0.15, 0.2) is 11.6 Å². The fourth-order valence-electron chi connectivity index (χ4n) is 1.28. The summed E-state index contributed by atoms with van der Waals surface area (Å²) >= 11 is 0. The molecule has 0 aliphatic carbocycles. The quantitative estimate of drug-likeness (QED) is 0.848. The average molecular weight is 250 g/mol. The predicted octanol–water partition coefficient (Wildman–Crippen LogP) is 1.59. The summed E-state index contributed by atoms with van der Waals surface area (Å²) in [6, 6.07) is 3.46. The number of nitrogens with one attached hydrogen (secondary N) is 1. The standard InChI is InChI=1S/C11H8F2N4O/c12-6-2-1-3-7(10(6)13)17-11(18)8-4-15-5-9(14)16-8/h1-5H,(H2,14,16)(H,17,18). The number of aromatic nitrogens is 2. The lowest BCUT2D eigenvalue weighted by molar-refractivity contribution is 0.102. The molecule has 0 spiro atoms. The highest BCUT2D eigenvalue weighted by Gasteiger charge is 2.13. The molecule has 0 bridgehead atoms. The van der Waals surface area contributed by atoms with Crippen LogP contribution in [0, 0.1) is 11.6 Å². The first-order valence-corrected chi connectivity index (χ1v) is 4.91. The maximum Gasteiger partial charge on any atom is 0.276 e. The minimum Gasteiger partial charge on any atom is -0.382 e. The Morgan fingerprint density at radius 1 is 1.28 bits per heavy atom. The maximum absolute atomic E-state index is 13.3.